The number of phenols is 1. The average Bonchev–Trinajstić information content (AvgIpc) is 3.23. The number of carbonyl (C=O) groups is 3. The Morgan fingerprint density at radius 3 is 2.36 bits per heavy atom. The minimum Gasteiger partial charge on any atom is -0.506 e. The van der Waals surface area contributed by atoms with E-state index in [2.05, 4.69) is 31.2 Å². The highest BCUT2D eigenvalue weighted by atomic mass is 16.6. The first-order chi connectivity index (χ1) is 28.2. The van der Waals surface area contributed by atoms with Crippen molar-refractivity contribution in [3.63, 3.8) is 0 Å². The van der Waals surface area contributed by atoms with Crippen LogP contribution in [0.5, 0.6) is 5.75 Å². The number of piperidine rings is 1. The van der Waals surface area contributed by atoms with Crippen LogP contribution in [0.3, 0.4) is 0 Å². The van der Waals surface area contributed by atoms with Gasteiger partial charge in [0.15, 0.2) is 0 Å². The quantitative estimate of drug-likeness (QED) is 0.0491. The van der Waals surface area contributed by atoms with E-state index in [9.17, 15) is 29.4 Å². The van der Waals surface area contributed by atoms with Gasteiger partial charge < -0.3 is 40.8 Å². The van der Waals surface area contributed by atoms with Gasteiger partial charge in [0.25, 0.3) is 0 Å². The summed E-state index contributed by atoms with van der Waals surface area (Å²) >= 11 is 0. The molecule has 1 unspecified atom stereocenters. The molecular weight excluding hydrogens is 737 g/mol. The van der Waals surface area contributed by atoms with E-state index in [0.29, 0.717) is 79.6 Å². The number of aromatic nitrogens is 1. The highest BCUT2D eigenvalue weighted by Crippen LogP contribution is 2.29. The first-order valence-corrected chi connectivity index (χ1v) is 20.0. The molecule has 1 aliphatic rings. The summed E-state index contributed by atoms with van der Waals surface area (Å²) in [7, 11) is 0. The third kappa shape index (κ3) is 12.2. The van der Waals surface area contributed by atoms with E-state index in [0.717, 1.165) is 42.6 Å². The smallest absolute Gasteiger partial charge is 0.411 e. The number of para-hydroxylation sites is 1. The molecule has 1 aromatic heterocycles. The number of aromatic amines is 1. The normalized spacial score (nSPS) is 13.8. The Hall–Kier alpha value is -6.02. The summed E-state index contributed by atoms with van der Waals surface area (Å²) in [5.41, 5.74) is 4.89. The number of unbranched alkanes of at least 4 members (excludes halogenated alkanes) is 2. The van der Waals surface area contributed by atoms with Crippen molar-refractivity contribution >= 4 is 40.2 Å². The molecule has 2 heterocycles. The largest absolute Gasteiger partial charge is 0.506 e. The number of amides is 3. The van der Waals surface area contributed by atoms with Crippen LogP contribution in [0.4, 0.5) is 16.2 Å². The molecule has 13 heteroatoms. The summed E-state index contributed by atoms with van der Waals surface area (Å²) < 4.78 is 5.74. The van der Waals surface area contributed by atoms with Crippen LogP contribution in [-0.2, 0) is 20.9 Å². The second kappa shape index (κ2) is 20.9. The molecule has 0 radical (unpaired) electrons. The number of likely N-dealkylation sites (tertiary alicyclic amines) is 1. The minimum absolute atomic E-state index is 0.00648. The number of H-pyrrole nitrogens is 1. The number of hydrogen-bond donors (Lipinski definition) is 7. The lowest BCUT2D eigenvalue weighted by Crippen LogP contribution is -2.40. The third-order valence-electron chi connectivity index (χ3n) is 10.3. The molecule has 0 saturated carbocycles. The second-order valence-electron chi connectivity index (χ2n) is 14.6. The standard InChI is InChI=1S/C45H52N6O7/c52-39-20-18-36(37-19-21-43(56)50-44(37)39)40(53)30-46-29-31-14-16-33(17-15-31)48-42(55)13-5-2-8-25-47-41(54)24-28-51-26-22-34(23-27-51)58-45(57)49-38-12-7-6-11-35(38)32-9-3-1-4-10-32/h1,3-4,6-7,9-12,14-21,34,40,46,52-53H,2,5,8,13,22-30H2,(H,47,54)(H,48,55)(H,49,57)(H,50,56). The number of rotatable bonds is 18. The maximum absolute atomic E-state index is 12.7. The van der Waals surface area contributed by atoms with Gasteiger partial charge in [-0.15, -0.1) is 0 Å². The number of fused-ring (bicyclic) bond motifs is 1. The van der Waals surface area contributed by atoms with Crippen molar-refractivity contribution in [1.82, 2.24) is 20.5 Å². The van der Waals surface area contributed by atoms with Gasteiger partial charge in [0.05, 0.1) is 17.3 Å². The molecule has 0 spiro atoms. The van der Waals surface area contributed by atoms with Crippen molar-refractivity contribution in [2.75, 3.05) is 43.4 Å². The van der Waals surface area contributed by atoms with E-state index in [-0.39, 0.29) is 35.8 Å². The van der Waals surface area contributed by atoms with Crippen LogP contribution in [0.25, 0.3) is 22.0 Å². The Bertz CT molecular complexity index is 2190. The number of hydrogen-bond acceptors (Lipinski definition) is 9. The zero-order chi connectivity index (χ0) is 40.7. The molecule has 1 aliphatic heterocycles. The maximum atomic E-state index is 12.7. The molecule has 304 valence electrons. The molecule has 7 N–H and O–H groups in total. The van der Waals surface area contributed by atoms with Gasteiger partial charge in [-0.05, 0) is 72.7 Å². The number of nitrogens with zero attached hydrogens (tertiary/aromatic N) is 1. The van der Waals surface area contributed by atoms with E-state index >= 15 is 0 Å². The lowest BCUT2D eigenvalue weighted by atomic mass is 10.0. The molecule has 4 aromatic carbocycles. The zero-order valence-electron chi connectivity index (χ0n) is 32.5. The number of nitrogens with one attached hydrogen (secondary N) is 5. The molecule has 6 rings (SSSR count). The van der Waals surface area contributed by atoms with Crippen LogP contribution in [-0.4, -0.2) is 76.8 Å². The third-order valence-corrected chi connectivity index (χ3v) is 10.3. The predicted molar refractivity (Wildman–Crippen MR) is 226 cm³/mol. The van der Waals surface area contributed by atoms with Crippen LogP contribution in [0.2, 0.25) is 0 Å². The van der Waals surface area contributed by atoms with Gasteiger partial charge in [-0.2, -0.15) is 0 Å². The summed E-state index contributed by atoms with van der Waals surface area (Å²) in [6.07, 6.45) is 3.06. The molecule has 1 saturated heterocycles. The second-order valence-corrected chi connectivity index (χ2v) is 14.6. The van der Waals surface area contributed by atoms with Gasteiger partial charge in [-0.3, -0.25) is 19.7 Å². The van der Waals surface area contributed by atoms with E-state index in [1.165, 1.54) is 12.1 Å². The van der Waals surface area contributed by atoms with E-state index in [1.54, 1.807) is 12.1 Å². The fraction of sp³-hybridized carbons (Fsp3) is 0.333. The highest BCUT2D eigenvalue weighted by Gasteiger charge is 2.23. The Kier molecular flexibility index (Phi) is 15.0. The van der Waals surface area contributed by atoms with Crippen molar-refractivity contribution in [3.05, 3.63) is 125 Å². The number of aliphatic hydroxyl groups excluding tert-OH is 1. The van der Waals surface area contributed by atoms with Crippen LogP contribution < -0.4 is 26.8 Å². The van der Waals surface area contributed by atoms with Crippen LogP contribution in [0.15, 0.2) is 108 Å². The highest BCUT2D eigenvalue weighted by molar-refractivity contribution is 5.92. The van der Waals surface area contributed by atoms with Gasteiger partial charge in [0.1, 0.15) is 11.9 Å². The fourth-order valence-electron chi connectivity index (χ4n) is 7.11. The number of aliphatic hydroxyl groups is 1. The monoisotopic (exact) mass is 788 g/mol. The van der Waals surface area contributed by atoms with Gasteiger partial charge >= 0.3 is 6.09 Å². The summed E-state index contributed by atoms with van der Waals surface area (Å²) in [5.74, 6) is -0.115. The Morgan fingerprint density at radius 1 is 0.810 bits per heavy atom. The Balaban J connectivity index is 0.783. The number of carbonyl (C=O) groups excluding carboxylic acids is 3. The van der Waals surface area contributed by atoms with Gasteiger partial charge in [-0.25, -0.2) is 4.79 Å². The van der Waals surface area contributed by atoms with Gasteiger partial charge in [-0.1, -0.05) is 73.2 Å². The van der Waals surface area contributed by atoms with Crippen LogP contribution in [0, 0.1) is 0 Å². The average molecular weight is 789 g/mol. The lowest BCUT2D eigenvalue weighted by molar-refractivity contribution is -0.121. The molecule has 58 heavy (non-hydrogen) atoms. The number of ether oxygens (including phenoxy) is 1. The molecule has 13 nitrogen and oxygen atoms in total. The fourth-order valence-corrected chi connectivity index (χ4v) is 7.11. The van der Waals surface area contributed by atoms with E-state index in [4.69, 9.17) is 4.74 Å². The topological polar surface area (TPSA) is 185 Å². The van der Waals surface area contributed by atoms with E-state index < -0.39 is 12.2 Å². The maximum Gasteiger partial charge on any atom is 0.411 e. The molecule has 0 aliphatic carbocycles. The number of anilines is 2. The first kappa shape index (κ1) is 41.6. The van der Waals surface area contributed by atoms with Crippen molar-refractivity contribution in [2.24, 2.45) is 0 Å². The van der Waals surface area contributed by atoms with Gasteiger partial charge in [0, 0.05) is 74.8 Å². The summed E-state index contributed by atoms with van der Waals surface area (Å²) in [5, 5.41) is 33.5. The minimum atomic E-state index is -0.857. The Morgan fingerprint density at radius 2 is 1.57 bits per heavy atom. The van der Waals surface area contributed by atoms with Crippen LogP contribution >= 0.6 is 0 Å². The van der Waals surface area contributed by atoms with Crippen molar-refractivity contribution in [3.8, 4) is 16.9 Å². The Labute approximate surface area is 337 Å². The SMILES string of the molecule is O=C(CCN1CCC(OC(=O)Nc2ccccc2-c2ccccc2)CC1)NCCCCCC(=O)Nc1ccc(CNCC(O)c2ccc(O)c3[nH]c(=O)ccc23)cc1. The molecule has 0 bridgehead atoms. The molecule has 1 fully saturated rings. The summed E-state index contributed by atoms with van der Waals surface area (Å²) in [6.45, 7) is 3.49. The number of phenolic OH excluding ortho intramolecular Hbond substituents is 1. The number of pyridine rings is 1. The van der Waals surface area contributed by atoms with Crippen LogP contribution in [0.1, 0.15) is 62.2 Å². The van der Waals surface area contributed by atoms with Crippen molar-refractivity contribution in [1.29, 1.82) is 0 Å². The number of aromatic hydroxyl groups is 1. The summed E-state index contributed by atoms with van der Waals surface area (Å²) in [6, 6.07) is 31.1. The lowest BCUT2D eigenvalue weighted by Gasteiger charge is -2.31. The summed E-state index contributed by atoms with van der Waals surface area (Å²) in [4.78, 5) is 54.2. The van der Waals surface area contributed by atoms with Crippen molar-refractivity contribution < 1.29 is 29.3 Å². The van der Waals surface area contributed by atoms with E-state index in [1.807, 2.05) is 78.9 Å². The molecular formula is C45H52N6O7. The number of benzene rings is 4. The molecule has 5 aromatic rings. The zero-order valence-corrected chi connectivity index (χ0v) is 32.5. The van der Waals surface area contributed by atoms with Crippen molar-refractivity contribution in [2.45, 2.75) is 63.7 Å². The predicted octanol–water partition coefficient (Wildman–Crippen LogP) is 6.44. The first-order valence-electron chi connectivity index (χ1n) is 20.0. The van der Waals surface area contributed by atoms with Gasteiger partial charge in [0.2, 0.25) is 17.4 Å². The molecule has 3 amide bonds. The molecule has 1 atom stereocenters.